The lowest BCUT2D eigenvalue weighted by Crippen LogP contribution is -2.49. The number of rotatable bonds is 7. The van der Waals surface area contributed by atoms with Gasteiger partial charge in [0.1, 0.15) is 0 Å². The van der Waals surface area contributed by atoms with Gasteiger partial charge in [-0.05, 0) is 44.1 Å². The van der Waals surface area contributed by atoms with Gasteiger partial charge in [0.25, 0.3) is 0 Å². The minimum absolute atomic E-state index is 0.0483. The predicted octanol–water partition coefficient (Wildman–Crippen LogP) is 3.07. The van der Waals surface area contributed by atoms with E-state index in [0.717, 1.165) is 38.5 Å². The van der Waals surface area contributed by atoms with E-state index in [2.05, 4.69) is 59.1 Å². The summed E-state index contributed by atoms with van der Waals surface area (Å²) < 4.78 is 0. The van der Waals surface area contributed by atoms with Gasteiger partial charge in [0, 0.05) is 31.0 Å². The molecule has 0 bridgehead atoms. The Labute approximate surface area is 168 Å². The van der Waals surface area contributed by atoms with Crippen molar-refractivity contribution >= 4 is 11.9 Å². The molecule has 0 aliphatic heterocycles. The first-order chi connectivity index (χ1) is 13.6. The number of aliphatic imine (C=N–C) groups is 1. The highest BCUT2D eigenvalue weighted by Gasteiger charge is 2.37. The number of hydrogen-bond donors (Lipinski definition) is 3. The Hall–Kier alpha value is -2.55. The second kappa shape index (κ2) is 10.7. The smallest absolute Gasteiger partial charge is 0.223 e. The lowest BCUT2D eigenvalue weighted by atomic mass is 9.68. The van der Waals surface area contributed by atoms with Crippen LogP contribution in [0.25, 0.3) is 0 Å². The Morgan fingerprint density at radius 3 is 2.43 bits per heavy atom. The summed E-state index contributed by atoms with van der Waals surface area (Å²) in [6, 6.07) is 10.8. The van der Waals surface area contributed by atoms with Crippen LogP contribution in [0.4, 0.5) is 0 Å². The van der Waals surface area contributed by atoms with Crippen molar-refractivity contribution in [3.05, 3.63) is 35.9 Å². The van der Waals surface area contributed by atoms with Crippen molar-refractivity contribution in [1.82, 2.24) is 16.0 Å². The summed E-state index contributed by atoms with van der Waals surface area (Å²) in [6.45, 7) is 4.81. The van der Waals surface area contributed by atoms with Crippen LogP contribution in [0.1, 0.15) is 57.9 Å². The number of hydrogen-bond acceptors (Lipinski definition) is 3. The number of nitrogens with zero attached hydrogens (tertiary/aromatic N) is 2. The summed E-state index contributed by atoms with van der Waals surface area (Å²) in [5.74, 6) is 0.770. The summed E-state index contributed by atoms with van der Waals surface area (Å²) in [6.07, 6.45) is 7.43. The number of carbonyl (C=O) groups excluding carboxylic acids is 1. The number of carbonyl (C=O) groups is 1. The zero-order valence-electron chi connectivity index (χ0n) is 17.3. The van der Waals surface area contributed by atoms with Crippen molar-refractivity contribution in [3.63, 3.8) is 0 Å². The molecule has 0 saturated heterocycles. The van der Waals surface area contributed by atoms with Gasteiger partial charge < -0.3 is 16.0 Å². The van der Waals surface area contributed by atoms with Gasteiger partial charge >= 0.3 is 0 Å². The molecule has 1 aliphatic carbocycles. The van der Waals surface area contributed by atoms with E-state index in [1.807, 2.05) is 12.3 Å². The molecule has 152 valence electrons. The van der Waals surface area contributed by atoms with Crippen LogP contribution in [-0.4, -0.2) is 31.5 Å². The van der Waals surface area contributed by atoms with Crippen LogP contribution in [0.3, 0.4) is 0 Å². The molecule has 6 heteroatoms. The minimum atomic E-state index is -0.0483. The lowest BCUT2D eigenvalue weighted by molar-refractivity contribution is -0.125. The van der Waals surface area contributed by atoms with Gasteiger partial charge in [0.05, 0.1) is 0 Å². The van der Waals surface area contributed by atoms with Crippen LogP contribution in [-0.2, 0) is 10.2 Å². The van der Waals surface area contributed by atoms with Gasteiger partial charge in [-0.15, -0.1) is 4.99 Å². The number of amides is 1. The third-order valence-corrected chi connectivity index (χ3v) is 6.03. The van der Waals surface area contributed by atoms with Crippen molar-refractivity contribution in [1.29, 1.82) is 5.26 Å². The molecule has 1 fully saturated rings. The molecule has 0 radical (unpaired) electrons. The Kier molecular flexibility index (Phi) is 8.31. The van der Waals surface area contributed by atoms with Gasteiger partial charge in [-0.25, -0.2) is 0 Å². The molecule has 28 heavy (non-hydrogen) atoms. The third kappa shape index (κ3) is 5.48. The molecule has 2 rings (SSSR count). The molecule has 1 amide bonds. The minimum Gasteiger partial charge on any atom is -0.359 e. The van der Waals surface area contributed by atoms with Crippen molar-refractivity contribution in [2.45, 2.75) is 63.8 Å². The normalized spacial score (nSPS) is 22.4. The van der Waals surface area contributed by atoms with E-state index in [1.165, 1.54) is 5.56 Å². The van der Waals surface area contributed by atoms with Crippen LogP contribution < -0.4 is 16.0 Å². The molecular formula is C22H33N5O. The van der Waals surface area contributed by atoms with E-state index in [9.17, 15) is 4.79 Å². The molecule has 1 aliphatic rings. The average Bonchev–Trinajstić information content (AvgIpc) is 2.74. The summed E-state index contributed by atoms with van der Waals surface area (Å²) >= 11 is 0. The van der Waals surface area contributed by atoms with Crippen LogP contribution in [0.2, 0.25) is 0 Å². The monoisotopic (exact) mass is 383 g/mol. The second-order valence-corrected chi connectivity index (χ2v) is 7.61. The first kappa shape index (κ1) is 21.7. The summed E-state index contributed by atoms with van der Waals surface area (Å²) in [5.41, 5.74) is 1.24. The fourth-order valence-electron chi connectivity index (χ4n) is 4.14. The molecule has 0 atom stereocenters. The van der Waals surface area contributed by atoms with E-state index in [4.69, 9.17) is 5.26 Å². The molecule has 1 aromatic carbocycles. The van der Waals surface area contributed by atoms with Crippen LogP contribution >= 0.6 is 0 Å². The Balaban J connectivity index is 2.09. The number of nitriles is 1. The standard InChI is InChI=1S/C22H33N5O/c1-4-17(5-2)20(28)25-15-22(18-9-7-6-8-10-18)13-11-19(12-14-22)27-21(24-3)26-16-23/h6-10,17,19H,4-5,11-15H2,1-3H3,(H,25,28)(H2,24,26,27)/t19-,22-. The fraction of sp³-hybridized carbons (Fsp3) is 0.591. The van der Waals surface area contributed by atoms with Crippen LogP contribution in [0.5, 0.6) is 0 Å². The average molecular weight is 384 g/mol. The molecule has 0 spiro atoms. The van der Waals surface area contributed by atoms with Gasteiger partial charge in [-0.1, -0.05) is 44.2 Å². The zero-order chi connectivity index (χ0) is 20.4. The van der Waals surface area contributed by atoms with E-state index in [0.29, 0.717) is 12.5 Å². The highest BCUT2D eigenvalue weighted by Crippen LogP contribution is 2.39. The molecule has 6 nitrogen and oxygen atoms in total. The van der Waals surface area contributed by atoms with E-state index in [-0.39, 0.29) is 23.3 Å². The number of nitrogens with one attached hydrogen (secondary N) is 3. The summed E-state index contributed by atoms with van der Waals surface area (Å²) in [4.78, 5) is 16.3. The highest BCUT2D eigenvalue weighted by molar-refractivity contribution is 5.80. The maximum atomic E-state index is 12.6. The third-order valence-electron chi connectivity index (χ3n) is 6.03. The first-order valence-electron chi connectivity index (χ1n) is 10.3. The van der Waals surface area contributed by atoms with Crippen molar-refractivity contribution in [2.75, 3.05) is 13.6 Å². The molecule has 0 heterocycles. The maximum absolute atomic E-state index is 12.6. The number of guanidine groups is 1. The topological polar surface area (TPSA) is 89.3 Å². The zero-order valence-corrected chi connectivity index (χ0v) is 17.3. The molecule has 0 unspecified atom stereocenters. The quantitative estimate of drug-likeness (QED) is 0.383. The molecule has 1 saturated carbocycles. The van der Waals surface area contributed by atoms with Gasteiger partial charge in [-0.3, -0.25) is 4.79 Å². The predicted molar refractivity (Wildman–Crippen MR) is 113 cm³/mol. The van der Waals surface area contributed by atoms with Crippen molar-refractivity contribution in [3.8, 4) is 6.19 Å². The summed E-state index contributed by atoms with van der Waals surface area (Å²) in [5, 5.41) is 18.3. The van der Waals surface area contributed by atoms with Gasteiger partial charge in [0.15, 0.2) is 0 Å². The molecule has 0 aromatic heterocycles. The Morgan fingerprint density at radius 2 is 1.89 bits per heavy atom. The molecule has 1 aromatic rings. The Morgan fingerprint density at radius 1 is 1.25 bits per heavy atom. The molecular weight excluding hydrogens is 350 g/mol. The van der Waals surface area contributed by atoms with E-state index in [1.54, 1.807) is 7.05 Å². The second-order valence-electron chi connectivity index (χ2n) is 7.61. The van der Waals surface area contributed by atoms with Crippen LogP contribution in [0, 0.1) is 17.4 Å². The lowest BCUT2D eigenvalue weighted by Gasteiger charge is -2.41. The van der Waals surface area contributed by atoms with Gasteiger partial charge in [-0.2, -0.15) is 5.26 Å². The van der Waals surface area contributed by atoms with E-state index >= 15 is 0 Å². The SMILES string of the molecule is CCC(CC)C(=O)NC[C@]1(c2ccccc2)CC[C@H](N/C(=N/C#N)NC)CC1. The number of benzene rings is 1. The largest absolute Gasteiger partial charge is 0.359 e. The maximum Gasteiger partial charge on any atom is 0.223 e. The highest BCUT2D eigenvalue weighted by atomic mass is 16.1. The Bertz CT molecular complexity index is 683. The van der Waals surface area contributed by atoms with E-state index < -0.39 is 0 Å². The van der Waals surface area contributed by atoms with Crippen molar-refractivity contribution in [2.24, 2.45) is 10.9 Å². The fourth-order valence-corrected chi connectivity index (χ4v) is 4.14. The van der Waals surface area contributed by atoms with Gasteiger partial charge in [0.2, 0.25) is 18.1 Å². The molecule has 3 N–H and O–H groups in total. The first-order valence-corrected chi connectivity index (χ1v) is 10.3. The van der Waals surface area contributed by atoms with Crippen LogP contribution in [0.15, 0.2) is 35.3 Å². The van der Waals surface area contributed by atoms with Crippen molar-refractivity contribution < 1.29 is 4.79 Å². The summed E-state index contributed by atoms with van der Waals surface area (Å²) in [7, 11) is 1.76.